The van der Waals surface area contributed by atoms with Crippen LogP contribution in [0.15, 0.2) is 36.4 Å². The third-order valence-electron chi connectivity index (χ3n) is 4.75. The van der Waals surface area contributed by atoms with Gasteiger partial charge in [-0.2, -0.15) is 0 Å². The van der Waals surface area contributed by atoms with Crippen molar-refractivity contribution >= 4 is 5.91 Å². The lowest BCUT2D eigenvalue weighted by atomic mass is 10.1. The van der Waals surface area contributed by atoms with Crippen molar-refractivity contribution in [2.75, 3.05) is 20.1 Å². The molecule has 1 aromatic carbocycles. The zero-order chi connectivity index (χ0) is 16.4. The number of hydrogen-bond donors (Lipinski definition) is 1. The first-order valence-electron chi connectivity index (χ1n) is 8.33. The zero-order valence-corrected chi connectivity index (χ0v) is 14.2. The van der Waals surface area contributed by atoms with E-state index < -0.39 is 0 Å². The number of likely N-dealkylation sites (tertiary alicyclic amines) is 1. The Hall–Kier alpha value is -2.07. The predicted molar refractivity (Wildman–Crippen MR) is 93.2 cm³/mol. The number of para-hydroxylation sites is 1. The summed E-state index contributed by atoms with van der Waals surface area (Å²) in [6.07, 6.45) is 2.18. The SMILES string of the molecule is CNCC1CCCN1C(=O)c1cc(C)n(-c2ccccc2)c1C. The number of aryl methyl sites for hydroxylation is 1. The van der Waals surface area contributed by atoms with E-state index in [4.69, 9.17) is 0 Å². The minimum atomic E-state index is 0.165. The van der Waals surface area contributed by atoms with Gasteiger partial charge in [-0.15, -0.1) is 0 Å². The molecule has 4 nitrogen and oxygen atoms in total. The molecule has 0 spiro atoms. The molecule has 23 heavy (non-hydrogen) atoms. The Labute approximate surface area is 138 Å². The lowest BCUT2D eigenvalue weighted by molar-refractivity contribution is 0.0736. The highest BCUT2D eigenvalue weighted by Gasteiger charge is 2.30. The number of carbonyl (C=O) groups is 1. The summed E-state index contributed by atoms with van der Waals surface area (Å²) in [5.41, 5.74) is 4.05. The van der Waals surface area contributed by atoms with Crippen molar-refractivity contribution in [2.45, 2.75) is 32.7 Å². The van der Waals surface area contributed by atoms with Crippen molar-refractivity contribution in [1.82, 2.24) is 14.8 Å². The van der Waals surface area contributed by atoms with Crippen LogP contribution in [-0.4, -0.2) is 41.6 Å². The van der Waals surface area contributed by atoms with Crippen molar-refractivity contribution in [3.8, 4) is 5.69 Å². The second-order valence-electron chi connectivity index (χ2n) is 6.31. The van der Waals surface area contributed by atoms with Crippen LogP contribution in [0.25, 0.3) is 5.69 Å². The maximum atomic E-state index is 13.0. The molecule has 0 bridgehead atoms. The molecule has 1 aliphatic heterocycles. The topological polar surface area (TPSA) is 37.3 Å². The van der Waals surface area contributed by atoms with Gasteiger partial charge in [-0.25, -0.2) is 0 Å². The summed E-state index contributed by atoms with van der Waals surface area (Å²) in [5, 5.41) is 3.20. The smallest absolute Gasteiger partial charge is 0.255 e. The zero-order valence-electron chi connectivity index (χ0n) is 14.2. The summed E-state index contributed by atoms with van der Waals surface area (Å²) >= 11 is 0. The van der Waals surface area contributed by atoms with Gasteiger partial charge in [0.2, 0.25) is 0 Å². The first-order chi connectivity index (χ1) is 11.1. The fraction of sp³-hybridized carbons (Fsp3) is 0.421. The molecule has 2 heterocycles. The Balaban J connectivity index is 1.94. The molecule has 4 heteroatoms. The first-order valence-corrected chi connectivity index (χ1v) is 8.33. The van der Waals surface area contributed by atoms with Gasteiger partial charge in [0.15, 0.2) is 0 Å². The quantitative estimate of drug-likeness (QED) is 0.942. The Morgan fingerprint density at radius 1 is 1.26 bits per heavy atom. The van der Waals surface area contributed by atoms with Gasteiger partial charge in [-0.1, -0.05) is 18.2 Å². The van der Waals surface area contributed by atoms with Gasteiger partial charge in [-0.3, -0.25) is 4.79 Å². The summed E-state index contributed by atoms with van der Waals surface area (Å²) in [5.74, 6) is 0.165. The van der Waals surface area contributed by atoms with E-state index in [-0.39, 0.29) is 5.91 Å². The van der Waals surface area contributed by atoms with Crippen LogP contribution >= 0.6 is 0 Å². The lowest BCUT2D eigenvalue weighted by Gasteiger charge is -2.24. The third-order valence-corrected chi connectivity index (χ3v) is 4.75. The molecule has 122 valence electrons. The molecular formula is C19H25N3O. The number of nitrogens with zero attached hydrogens (tertiary/aromatic N) is 2. The Bertz CT molecular complexity index is 690. The Morgan fingerprint density at radius 2 is 2.00 bits per heavy atom. The van der Waals surface area contributed by atoms with Gasteiger partial charge >= 0.3 is 0 Å². The van der Waals surface area contributed by atoms with E-state index in [1.165, 1.54) is 0 Å². The molecule has 1 aromatic heterocycles. The normalized spacial score (nSPS) is 17.7. The molecule has 0 aliphatic carbocycles. The monoisotopic (exact) mass is 311 g/mol. The highest BCUT2D eigenvalue weighted by Crippen LogP contribution is 2.25. The van der Waals surface area contributed by atoms with Gasteiger partial charge in [0, 0.05) is 36.2 Å². The number of benzene rings is 1. The summed E-state index contributed by atoms with van der Waals surface area (Å²) < 4.78 is 2.16. The van der Waals surface area contributed by atoms with E-state index >= 15 is 0 Å². The highest BCUT2D eigenvalue weighted by molar-refractivity contribution is 5.96. The van der Waals surface area contributed by atoms with E-state index in [2.05, 4.69) is 28.9 Å². The highest BCUT2D eigenvalue weighted by atomic mass is 16.2. The molecule has 0 radical (unpaired) electrons. The summed E-state index contributed by atoms with van der Waals surface area (Å²) in [7, 11) is 1.95. The molecular weight excluding hydrogens is 286 g/mol. The largest absolute Gasteiger partial charge is 0.334 e. The average molecular weight is 311 g/mol. The van der Waals surface area contributed by atoms with E-state index in [0.717, 1.165) is 48.6 Å². The Kier molecular flexibility index (Phi) is 4.53. The van der Waals surface area contributed by atoms with E-state index in [0.29, 0.717) is 6.04 Å². The minimum absolute atomic E-state index is 0.165. The number of carbonyl (C=O) groups excluding carboxylic acids is 1. The van der Waals surface area contributed by atoms with Gasteiger partial charge < -0.3 is 14.8 Å². The Morgan fingerprint density at radius 3 is 2.70 bits per heavy atom. The number of nitrogens with one attached hydrogen (secondary N) is 1. The maximum absolute atomic E-state index is 13.0. The second-order valence-corrected chi connectivity index (χ2v) is 6.31. The van der Waals surface area contributed by atoms with Crippen LogP contribution in [0, 0.1) is 13.8 Å². The van der Waals surface area contributed by atoms with Crippen LogP contribution in [0.1, 0.15) is 34.6 Å². The molecule has 1 aliphatic rings. The summed E-state index contributed by atoms with van der Waals surface area (Å²) in [6.45, 7) is 5.82. The summed E-state index contributed by atoms with van der Waals surface area (Å²) in [4.78, 5) is 15.1. The van der Waals surface area contributed by atoms with Crippen molar-refractivity contribution < 1.29 is 4.79 Å². The predicted octanol–water partition coefficient (Wildman–Crippen LogP) is 2.92. The van der Waals surface area contributed by atoms with Crippen LogP contribution < -0.4 is 5.32 Å². The van der Waals surface area contributed by atoms with Crippen LogP contribution in [0.4, 0.5) is 0 Å². The number of likely N-dealkylation sites (N-methyl/N-ethyl adjacent to an activating group) is 1. The molecule has 2 aromatic rings. The maximum Gasteiger partial charge on any atom is 0.255 e. The molecule has 0 saturated carbocycles. The summed E-state index contributed by atoms with van der Waals surface area (Å²) in [6, 6.07) is 12.6. The molecule has 1 N–H and O–H groups in total. The standard InChI is InChI=1S/C19H25N3O/c1-14-12-18(15(2)22(14)16-8-5-4-6-9-16)19(23)21-11-7-10-17(21)13-20-3/h4-6,8-9,12,17,20H,7,10-11,13H2,1-3H3. The first kappa shape index (κ1) is 15.8. The molecule has 1 atom stereocenters. The molecule has 1 amide bonds. The number of aromatic nitrogens is 1. The van der Waals surface area contributed by atoms with Crippen LogP contribution in [0.5, 0.6) is 0 Å². The van der Waals surface area contributed by atoms with Gasteiger partial charge in [0.05, 0.1) is 5.56 Å². The number of hydrogen-bond acceptors (Lipinski definition) is 2. The van der Waals surface area contributed by atoms with Crippen molar-refractivity contribution in [3.63, 3.8) is 0 Å². The van der Waals surface area contributed by atoms with E-state index in [1.807, 2.05) is 43.1 Å². The van der Waals surface area contributed by atoms with E-state index in [9.17, 15) is 4.79 Å². The van der Waals surface area contributed by atoms with Gasteiger partial charge in [0.1, 0.15) is 0 Å². The number of amides is 1. The lowest BCUT2D eigenvalue weighted by Crippen LogP contribution is -2.41. The second kappa shape index (κ2) is 6.59. The van der Waals surface area contributed by atoms with Crippen molar-refractivity contribution in [3.05, 3.63) is 53.3 Å². The van der Waals surface area contributed by atoms with Crippen molar-refractivity contribution in [1.29, 1.82) is 0 Å². The fourth-order valence-corrected chi connectivity index (χ4v) is 3.66. The molecule has 1 fully saturated rings. The molecule has 1 unspecified atom stereocenters. The average Bonchev–Trinajstić information content (AvgIpc) is 3.12. The van der Waals surface area contributed by atoms with E-state index in [1.54, 1.807) is 0 Å². The minimum Gasteiger partial charge on any atom is -0.334 e. The van der Waals surface area contributed by atoms with Gasteiger partial charge in [0.25, 0.3) is 5.91 Å². The molecule has 1 saturated heterocycles. The number of rotatable bonds is 4. The van der Waals surface area contributed by atoms with Crippen molar-refractivity contribution in [2.24, 2.45) is 0 Å². The fourth-order valence-electron chi connectivity index (χ4n) is 3.66. The van der Waals surface area contributed by atoms with Crippen LogP contribution in [0.3, 0.4) is 0 Å². The van der Waals surface area contributed by atoms with Crippen LogP contribution in [0.2, 0.25) is 0 Å². The third kappa shape index (κ3) is 2.91. The van der Waals surface area contributed by atoms with Crippen LogP contribution in [-0.2, 0) is 0 Å². The molecule has 3 rings (SSSR count). The van der Waals surface area contributed by atoms with Gasteiger partial charge in [-0.05, 0) is 51.9 Å².